The number of nitrogens with zero attached hydrogens (tertiary/aromatic N) is 1. The molecule has 3 heteroatoms. The Morgan fingerprint density at radius 1 is 1.33 bits per heavy atom. The highest BCUT2D eigenvalue weighted by Gasteiger charge is 2.11. The van der Waals surface area contributed by atoms with E-state index in [0.29, 0.717) is 5.70 Å². The third kappa shape index (κ3) is 2.95. The molecule has 0 atom stereocenters. The van der Waals surface area contributed by atoms with E-state index in [1.165, 1.54) is 0 Å². The van der Waals surface area contributed by atoms with Crippen molar-refractivity contribution in [3.8, 4) is 0 Å². The largest absolute Gasteiger partial charge is 0.477 e. The van der Waals surface area contributed by atoms with Crippen molar-refractivity contribution in [3.05, 3.63) is 11.8 Å². The summed E-state index contributed by atoms with van der Waals surface area (Å²) in [6.45, 7) is 7.33. The molecule has 0 aliphatic rings. The van der Waals surface area contributed by atoms with Gasteiger partial charge in [-0.05, 0) is 20.3 Å². The van der Waals surface area contributed by atoms with Crippen LogP contribution in [0.5, 0.6) is 0 Å². The Hall–Kier alpha value is -0.990. The van der Waals surface area contributed by atoms with Gasteiger partial charge in [0.15, 0.2) is 0 Å². The van der Waals surface area contributed by atoms with Crippen LogP contribution in [-0.4, -0.2) is 29.1 Å². The fraction of sp³-hybridized carbons (Fsp3) is 0.667. The molecule has 0 saturated carbocycles. The van der Waals surface area contributed by atoms with Gasteiger partial charge in [0.2, 0.25) is 0 Å². The van der Waals surface area contributed by atoms with E-state index in [2.05, 4.69) is 0 Å². The van der Waals surface area contributed by atoms with Gasteiger partial charge in [-0.1, -0.05) is 13.0 Å². The van der Waals surface area contributed by atoms with Crippen LogP contribution in [0.4, 0.5) is 0 Å². The molecule has 0 aliphatic carbocycles. The smallest absolute Gasteiger partial charge is 0.351 e. The van der Waals surface area contributed by atoms with E-state index >= 15 is 0 Å². The van der Waals surface area contributed by atoms with Crippen LogP contribution in [0.25, 0.3) is 0 Å². The molecule has 0 fully saturated rings. The normalized spacial score (nSPS) is 11.4. The summed E-state index contributed by atoms with van der Waals surface area (Å²) < 4.78 is 0. The lowest BCUT2D eigenvalue weighted by Gasteiger charge is -2.20. The third-order valence-electron chi connectivity index (χ3n) is 1.72. The SMILES string of the molecule is CCC=C(C(=O)O)N(CC)CC. The van der Waals surface area contributed by atoms with Gasteiger partial charge in [-0.2, -0.15) is 0 Å². The van der Waals surface area contributed by atoms with E-state index in [4.69, 9.17) is 5.11 Å². The Labute approximate surface area is 73.7 Å². The molecular weight excluding hydrogens is 154 g/mol. The number of rotatable bonds is 5. The molecular formula is C9H17NO2. The van der Waals surface area contributed by atoms with Crippen molar-refractivity contribution in [2.45, 2.75) is 27.2 Å². The first kappa shape index (κ1) is 11.0. The van der Waals surface area contributed by atoms with Crippen LogP contribution >= 0.6 is 0 Å². The van der Waals surface area contributed by atoms with E-state index in [-0.39, 0.29) is 0 Å². The molecule has 1 N–H and O–H groups in total. The van der Waals surface area contributed by atoms with Crippen LogP contribution in [0.15, 0.2) is 11.8 Å². The van der Waals surface area contributed by atoms with E-state index in [9.17, 15) is 4.79 Å². The van der Waals surface area contributed by atoms with Gasteiger partial charge in [-0.3, -0.25) is 0 Å². The highest BCUT2D eigenvalue weighted by Crippen LogP contribution is 2.04. The Bertz CT molecular complexity index is 171. The van der Waals surface area contributed by atoms with Crippen LogP contribution in [-0.2, 0) is 4.79 Å². The lowest BCUT2D eigenvalue weighted by atomic mass is 10.3. The average Bonchev–Trinajstić information content (AvgIpc) is 2.05. The second-order valence-corrected chi connectivity index (χ2v) is 2.48. The van der Waals surface area contributed by atoms with Crippen LogP contribution in [0.3, 0.4) is 0 Å². The minimum absolute atomic E-state index is 0.419. The Morgan fingerprint density at radius 3 is 2.08 bits per heavy atom. The predicted molar refractivity (Wildman–Crippen MR) is 48.9 cm³/mol. The Morgan fingerprint density at radius 2 is 1.83 bits per heavy atom. The number of hydrogen-bond donors (Lipinski definition) is 1. The van der Waals surface area contributed by atoms with Crippen molar-refractivity contribution in [1.82, 2.24) is 4.90 Å². The highest BCUT2D eigenvalue weighted by molar-refractivity contribution is 5.85. The summed E-state index contributed by atoms with van der Waals surface area (Å²) in [5.41, 5.74) is 0.419. The summed E-state index contributed by atoms with van der Waals surface area (Å²) in [5.74, 6) is -0.833. The summed E-state index contributed by atoms with van der Waals surface area (Å²) in [7, 11) is 0. The lowest BCUT2D eigenvalue weighted by Crippen LogP contribution is -2.27. The summed E-state index contributed by atoms with van der Waals surface area (Å²) in [6.07, 6.45) is 2.51. The zero-order valence-corrected chi connectivity index (χ0v) is 8.00. The van der Waals surface area contributed by atoms with Crippen LogP contribution < -0.4 is 0 Å². The fourth-order valence-electron chi connectivity index (χ4n) is 1.11. The monoisotopic (exact) mass is 171 g/mol. The molecule has 0 rings (SSSR count). The van der Waals surface area contributed by atoms with Crippen molar-refractivity contribution >= 4 is 5.97 Å². The van der Waals surface area contributed by atoms with Gasteiger partial charge in [-0.25, -0.2) is 4.79 Å². The molecule has 12 heavy (non-hydrogen) atoms. The molecule has 0 amide bonds. The Balaban J connectivity index is 4.48. The van der Waals surface area contributed by atoms with Crippen molar-refractivity contribution in [1.29, 1.82) is 0 Å². The first-order chi connectivity index (χ1) is 5.67. The van der Waals surface area contributed by atoms with Gasteiger partial charge in [0.05, 0.1) is 0 Å². The number of likely N-dealkylation sites (N-methyl/N-ethyl adjacent to an activating group) is 1. The summed E-state index contributed by atoms with van der Waals surface area (Å²) in [5, 5.41) is 8.83. The molecule has 0 heterocycles. The maximum Gasteiger partial charge on any atom is 0.351 e. The maximum atomic E-state index is 10.7. The maximum absolute atomic E-state index is 10.7. The molecule has 0 aromatic rings. The molecule has 0 saturated heterocycles. The predicted octanol–water partition coefficient (Wildman–Crippen LogP) is 1.71. The molecule has 0 radical (unpaired) electrons. The number of carboxylic acid groups (broad SMARTS) is 1. The molecule has 0 bridgehead atoms. The molecule has 0 aliphatic heterocycles. The molecule has 0 aromatic heterocycles. The molecule has 3 nitrogen and oxygen atoms in total. The number of carboxylic acids is 1. The summed E-state index contributed by atoms with van der Waals surface area (Å²) >= 11 is 0. The number of hydrogen-bond acceptors (Lipinski definition) is 2. The van der Waals surface area contributed by atoms with Gasteiger partial charge in [0.1, 0.15) is 5.70 Å². The van der Waals surface area contributed by atoms with Crippen LogP contribution in [0.1, 0.15) is 27.2 Å². The highest BCUT2D eigenvalue weighted by atomic mass is 16.4. The van der Waals surface area contributed by atoms with E-state index < -0.39 is 5.97 Å². The molecule has 0 aromatic carbocycles. The molecule has 0 unspecified atom stereocenters. The van der Waals surface area contributed by atoms with Gasteiger partial charge >= 0.3 is 5.97 Å². The topological polar surface area (TPSA) is 40.5 Å². The van der Waals surface area contributed by atoms with Crippen LogP contribution in [0.2, 0.25) is 0 Å². The number of allylic oxidation sites excluding steroid dienone is 1. The van der Waals surface area contributed by atoms with Crippen molar-refractivity contribution in [2.75, 3.05) is 13.1 Å². The molecule has 70 valence electrons. The van der Waals surface area contributed by atoms with Gasteiger partial charge in [0, 0.05) is 13.1 Å². The van der Waals surface area contributed by atoms with E-state index in [1.807, 2.05) is 25.7 Å². The summed E-state index contributed by atoms with van der Waals surface area (Å²) in [6, 6.07) is 0. The van der Waals surface area contributed by atoms with Crippen molar-refractivity contribution < 1.29 is 9.90 Å². The standard InChI is InChI=1S/C9H17NO2/c1-4-7-8(9(11)12)10(5-2)6-3/h7H,4-6H2,1-3H3,(H,11,12). The van der Waals surface area contributed by atoms with Gasteiger partial charge in [0.25, 0.3) is 0 Å². The second kappa shape index (κ2) is 5.63. The second-order valence-electron chi connectivity index (χ2n) is 2.48. The lowest BCUT2D eigenvalue weighted by molar-refractivity contribution is -0.134. The van der Waals surface area contributed by atoms with Crippen molar-refractivity contribution in [2.24, 2.45) is 0 Å². The Kier molecular flexibility index (Phi) is 5.17. The van der Waals surface area contributed by atoms with Gasteiger partial charge in [-0.15, -0.1) is 0 Å². The minimum atomic E-state index is -0.833. The zero-order chi connectivity index (χ0) is 9.56. The summed E-state index contributed by atoms with van der Waals surface area (Å²) in [4.78, 5) is 12.6. The zero-order valence-electron chi connectivity index (χ0n) is 8.00. The molecule has 0 spiro atoms. The average molecular weight is 171 g/mol. The first-order valence-corrected chi connectivity index (χ1v) is 4.35. The van der Waals surface area contributed by atoms with Crippen LogP contribution in [0, 0.1) is 0 Å². The quantitative estimate of drug-likeness (QED) is 0.640. The fourth-order valence-corrected chi connectivity index (χ4v) is 1.11. The van der Waals surface area contributed by atoms with Crippen molar-refractivity contribution in [3.63, 3.8) is 0 Å². The van der Waals surface area contributed by atoms with Gasteiger partial charge < -0.3 is 10.0 Å². The number of aliphatic carboxylic acids is 1. The third-order valence-corrected chi connectivity index (χ3v) is 1.72. The van der Waals surface area contributed by atoms with E-state index in [1.54, 1.807) is 6.08 Å². The minimum Gasteiger partial charge on any atom is -0.477 e. The number of carbonyl (C=O) groups is 1. The van der Waals surface area contributed by atoms with E-state index in [0.717, 1.165) is 19.5 Å². The first-order valence-electron chi connectivity index (χ1n) is 4.35.